The summed E-state index contributed by atoms with van der Waals surface area (Å²) in [6.45, 7) is 2.10. The number of nitrogens with zero attached hydrogens (tertiary/aromatic N) is 1. The van der Waals surface area contributed by atoms with Crippen molar-refractivity contribution in [3.63, 3.8) is 0 Å². The first-order valence-electron chi connectivity index (χ1n) is 7.76. The fraction of sp³-hybridized carbons (Fsp3) is 0.500. The van der Waals surface area contributed by atoms with Gasteiger partial charge in [0.1, 0.15) is 5.76 Å². The number of amides is 1. The lowest BCUT2D eigenvalue weighted by Gasteiger charge is -2.32. The predicted octanol–water partition coefficient (Wildman–Crippen LogP) is 1.89. The minimum Gasteiger partial charge on any atom is -0.447 e. The van der Waals surface area contributed by atoms with E-state index in [1.54, 1.807) is 18.4 Å². The SMILES string of the molecule is COCc1csc(CNC(=O)c2ncoc2C2C3CNC2C3)c1. The molecule has 6 nitrogen and oxygen atoms in total. The average molecular weight is 333 g/mol. The lowest BCUT2D eigenvalue weighted by molar-refractivity contribution is 0.0942. The van der Waals surface area contributed by atoms with Gasteiger partial charge in [0.25, 0.3) is 5.91 Å². The van der Waals surface area contributed by atoms with E-state index in [0.29, 0.717) is 36.7 Å². The van der Waals surface area contributed by atoms with Crippen LogP contribution >= 0.6 is 11.3 Å². The third-order valence-corrected chi connectivity index (χ3v) is 5.68. The van der Waals surface area contributed by atoms with Crippen molar-refractivity contribution in [3.8, 4) is 0 Å². The van der Waals surface area contributed by atoms with Gasteiger partial charge in [-0.2, -0.15) is 0 Å². The van der Waals surface area contributed by atoms with Gasteiger partial charge in [-0.05, 0) is 35.9 Å². The topological polar surface area (TPSA) is 76.4 Å². The number of nitrogens with one attached hydrogen (secondary N) is 2. The van der Waals surface area contributed by atoms with Crippen LogP contribution in [0.4, 0.5) is 0 Å². The van der Waals surface area contributed by atoms with E-state index >= 15 is 0 Å². The molecule has 3 unspecified atom stereocenters. The molecule has 23 heavy (non-hydrogen) atoms. The van der Waals surface area contributed by atoms with E-state index in [4.69, 9.17) is 9.15 Å². The maximum absolute atomic E-state index is 12.4. The molecule has 3 fully saturated rings. The van der Waals surface area contributed by atoms with Crippen LogP contribution in [-0.4, -0.2) is 30.6 Å². The monoisotopic (exact) mass is 333 g/mol. The predicted molar refractivity (Wildman–Crippen MR) is 85.3 cm³/mol. The van der Waals surface area contributed by atoms with Crippen molar-refractivity contribution in [2.75, 3.05) is 13.7 Å². The third kappa shape index (κ3) is 2.69. The van der Waals surface area contributed by atoms with Crippen molar-refractivity contribution < 1.29 is 13.9 Å². The number of rotatable bonds is 6. The summed E-state index contributed by atoms with van der Waals surface area (Å²) in [5.74, 6) is 1.45. The van der Waals surface area contributed by atoms with Crippen LogP contribution < -0.4 is 10.6 Å². The van der Waals surface area contributed by atoms with Gasteiger partial charge in [-0.3, -0.25) is 4.79 Å². The molecule has 5 rings (SSSR count). The molecule has 2 N–H and O–H groups in total. The van der Waals surface area contributed by atoms with Crippen LogP contribution in [0.5, 0.6) is 0 Å². The molecule has 1 aliphatic carbocycles. The number of fused-ring (bicyclic) bond motifs is 1. The molecule has 3 atom stereocenters. The number of methoxy groups -OCH3 is 1. The second-order valence-corrected chi connectivity index (χ2v) is 7.13. The smallest absolute Gasteiger partial charge is 0.273 e. The molecule has 4 heterocycles. The Morgan fingerprint density at radius 3 is 3.26 bits per heavy atom. The number of oxazole rings is 1. The molecule has 2 aromatic rings. The van der Waals surface area contributed by atoms with Crippen LogP contribution in [0, 0.1) is 5.92 Å². The molecule has 122 valence electrons. The van der Waals surface area contributed by atoms with E-state index in [1.165, 1.54) is 12.8 Å². The van der Waals surface area contributed by atoms with Crippen LogP contribution in [0.1, 0.15) is 39.0 Å². The molecule has 2 bridgehead atoms. The maximum atomic E-state index is 12.4. The van der Waals surface area contributed by atoms with Crippen LogP contribution in [0.15, 0.2) is 22.3 Å². The number of hydrogen-bond acceptors (Lipinski definition) is 6. The fourth-order valence-electron chi connectivity index (χ4n) is 3.55. The summed E-state index contributed by atoms with van der Waals surface area (Å²) in [6.07, 6.45) is 2.55. The summed E-state index contributed by atoms with van der Waals surface area (Å²) in [5.41, 5.74) is 1.56. The van der Waals surface area contributed by atoms with Gasteiger partial charge >= 0.3 is 0 Å². The number of thiophene rings is 1. The van der Waals surface area contributed by atoms with Crippen LogP contribution in [0.2, 0.25) is 0 Å². The lowest BCUT2D eigenvalue weighted by Crippen LogP contribution is -2.36. The molecule has 2 aliphatic heterocycles. The van der Waals surface area contributed by atoms with E-state index < -0.39 is 0 Å². The van der Waals surface area contributed by atoms with Crippen LogP contribution in [0.25, 0.3) is 0 Å². The zero-order valence-electron chi connectivity index (χ0n) is 12.9. The van der Waals surface area contributed by atoms with Crippen molar-refractivity contribution in [3.05, 3.63) is 39.7 Å². The largest absolute Gasteiger partial charge is 0.447 e. The van der Waals surface area contributed by atoms with Gasteiger partial charge in [0.2, 0.25) is 0 Å². The Hall–Kier alpha value is -1.70. The van der Waals surface area contributed by atoms with Crippen molar-refractivity contribution in [2.24, 2.45) is 5.92 Å². The van der Waals surface area contributed by atoms with Crippen LogP contribution in [-0.2, 0) is 17.9 Å². The highest BCUT2D eigenvalue weighted by atomic mass is 32.1. The molecule has 1 amide bonds. The quantitative estimate of drug-likeness (QED) is 0.844. The Balaban J connectivity index is 1.40. The first-order chi connectivity index (χ1) is 11.3. The van der Waals surface area contributed by atoms with Gasteiger partial charge in [0.15, 0.2) is 12.1 Å². The first-order valence-corrected chi connectivity index (χ1v) is 8.64. The molecular formula is C16H19N3O3S. The molecule has 0 aromatic carbocycles. The highest BCUT2D eigenvalue weighted by Crippen LogP contribution is 2.47. The molecule has 1 saturated carbocycles. The Labute approximate surface area is 138 Å². The molecular weight excluding hydrogens is 314 g/mol. The summed E-state index contributed by atoms with van der Waals surface area (Å²) in [6, 6.07) is 2.49. The number of aromatic nitrogens is 1. The van der Waals surface area contributed by atoms with E-state index in [2.05, 4.69) is 15.6 Å². The second-order valence-electron chi connectivity index (χ2n) is 6.14. The summed E-state index contributed by atoms with van der Waals surface area (Å²) in [5, 5.41) is 8.42. The standard InChI is InChI=1S/C16H19N3O3S/c1-21-6-9-2-11(23-7-9)5-18-16(20)14-15(22-8-19-14)13-10-3-12(13)17-4-10/h2,7-8,10,12-13,17H,3-6H2,1H3,(H,18,20). The summed E-state index contributed by atoms with van der Waals surface area (Å²) < 4.78 is 10.6. The van der Waals surface area contributed by atoms with Gasteiger partial charge in [-0.1, -0.05) is 0 Å². The van der Waals surface area contributed by atoms with Gasteiger partial charge in [-0.25, -0.2) is 4.98 Å². The number of hydrogen-bond donors (Lipinski definition) is 2. The molecule has 0 spiro atoms. The van der Waals surface area contributed by atoms with Crippen molar-refractivity contribution in [2.45, 2.75) is 31.5 Å². The number of carbonyl (C=O) groups excluding carboxylic acids is 1. The Morgan fingerprint density at radius 2 is 2.52 bits per heavy atom. The van der Waals surface area contributed by atoms with E-state index in [9.17, 15) is 4.79 Å². The van der Waals surface area contributed by atoms with Crippen molar-refractivity contribution in [1.29, 1.82) is 0 Å². The summed E-state index contributed by atoms with van der Waals surface area (Å²) in [7, 11) is 1.67. The molecule has 0 radical (unpaired) electrons. The van der Waals surface area contributed by atoms with Gasteiger partial charge in [0, 0.05) is 23.9 Å². The van der Waals surface area contributed by atoms with E-state index in [0.717, 1.165) is 22.7 Å². The maximum Gasteiger partial charge on any atom is 0.273 e. The minimum atomic E-state index is -0.165. The van der Waals surface area contributed by atoms with Crippen molar-refractivity contribution >= 4 is 17.2 Å². The highest BCUT2D eigenvalue weighted by molar-refractivity contribution is 7.10. The summed E-state index contributed by atoms with van der Waals surface area (Å²) in [4.78, 5) is 17.7. The zero-order valence-corrected chi connectivity index (χ0v) is 13.7. The van der Waals surface area contributed by atoms with Gasteiger partial charge < -0.3 is 19.8 Å². The van der Waals surface area contributed by atoms with E-state index in [1.807, 2.05) is 11.4 Å². The van der Waals surface area contributed by atoms with E-state index in [-0.39, 0.29) is 5.91 Å². The first kappa shape index (κ1) is 14.9. The lowest BCUT2D eigenvalue weighted by atomic mass is 9.72. The van der Waals surface area contributed by atoms with Crippen molar-refractivity contribution in [1.82, 2.24) is 15.6 Å². The Bertz CT molecular complexity index is 697. The highest BCUT2D eigenvalue weighted by Gasteiger charge is 2.50. The minimum absolute atomic E-state index is 0.165. The molecule has 2 saturated heterocycles. The molecule has 7 heteroatoms. The number of ether oxygens (including phenoxy) is 1. The van der Waals surface area contributed by atoms with Crippen LogP contribution in [0.3, 0.4) is 0 Å². The number of carbonyl (C=O) groups is 1. The fourth-order valence-corrected chi connectivity index (χ4v) is 4.36. The molecule has 3 aliphatic rings. The Morgan fingerprint density at radius 1 is 1.61 bits per heavy atom. The molecule has 2 aromatic heterocycles. The average Bonchev–Trinajstić information content (AvgIpc) is 3.29. The third-order valence-electron chi connectivity index (χ3n) is 4.70. The normalized spacial score (nSPS) is 25.3. The van der Waals surface area contributed by atoms with Gasteiger partial charge in [-0.15, -0.1) is 11.3 Å². The zero-order chi connectivity index (χ0) is 15.8. The summed E-state index contributed by atoms with van der Waals surface area (Å²) >= 11 is 1.62. The second kappa shape index (κ2) is 6.07. The Kier molecular flexibility index (Phi) is 3.92. The van der Waals surface area contributed by atoms with Gasteiger partial charge in [0.05, 0.1) is 13.2 Å².